The van der Waals surface area contributed by atoms with Gasteiger partial charge in [-0.3, -0.25) is 0 Å². The second-order valence-corrected chi connectivity index (χ2v) is 2.11. The first-order chi connectivity index (χ1) is 5.88. The van der Waals surface area contributed by atoms with Crippen molar-refractivity contribution in [3.63, 3.8) is 0 Å². The predicted molar refractivity (Wildman–Crippen MR) is 48.1 cm³/mol. The maximum absolute atomic E-state index is 5.09. The van der Waals surface area contributed by atoms with Crippen molar-refractivity contribution in [1.82, 2.24) is 4.98 Å². The standard InChI is InChI=1S/C9H10N2O/c1-3-6-10-9-8(12-2)5-4-7-11-9/h1,4-5,7H,6H2,2H3,(H,10,11). The number of pyridine rings is 1. The molecule has 0 aromatic carbocycles. The van der Waals surface area contributed by atoms with Crippen molar-refractivity contribution in [2.75, 3.05) is 19.0 Å². The number of anilines is 1. The van der Waals surface area contributed by atoms with Crippen LogP contribution in [0.4, 0.5) is 5.82 Å². The van der Waals surface area contributed by atoms with Crippen molar-refractivity contribution >= 4 is 5.82 Å². The lowest BCUT2D eigenvalue weighted by Gasteiger charge is -2.06. The van der Waals surface area contributed by atoms with Gasteiger partial charge in [-0.05, 0) is 12.1 Å². The topological polar surface area (TPSA) is 34.2 Å². The summed E-state index contributed by atoms with van der Waals surface area (Å²) in [7, 11) is 1.60. The molecule has 1 aromatic rings. The first kappa shape index (κ1) is 8.41. The molecule has 0 bridgehead atoms. The van der Waals surface area contributed by atoms with E-state index in [1.807, 2.05) is 6.07 Å². The molecule has 0 unspecified atom stereocenters. The third kappa shape index (κ3) is 1.89. The van der Waals surface area contributed by atoms with Crippen LogP contribution in [0.25, 0.3) is 0 Å². The minimum Gasteiger partial charge on any atom is -0.493 e. The smallest absolute Gasteiger partial charge is 0.169 e. The molecule has 3 nitrogen and oxygen atoms in total. The lowest BCUT2D eigenvalue weighted by molar-refractivity contribution is 0.415. The highest BCUT2D eigenvalue weighted by atomic mass is 16.5. The molecule has 0 aliphatic rings. The van der Waals surface area contributed by atoms with Crippen molar-refractivity contribution in [3.8, 4) is 18.1 Å². The molecule has 0 aliphatic heterocycles. The van der Waals surface area contributed by atoms with Crippen molar-refractivity contribution in [3.05, 3.63) is 18.3 Å². The first-order valence-electron chi connectivity index (χ1n) is 3.55. The summed E-state index contributed by atoms with van der Waals surface area (Å²) in [4.78, 5) is 4.06. The zero-order valence-electron chi connectivity index (χ0n) is 6.87. The van der Waals surface area contributed by atoms with Gasteiger partial charge in [-0.2, -0.15) is 0 Å². The highest BCUT2D eigenvalue weighted by Crippen LogP contribution is 2.19. The van der Waals surface area contributed by atoms with Crippen LogP contribution in [0.3, 0.4) is 0 Å². The fourth-order valence-corrected chi connectivity index (χ4v) is 0.823. The molecule has 3 heteroatoms. The van der Waals surface area contributed by atoms with Gasteiger partial charge in [0.15, 0.2) is 11.6 Å². The first-order valence-corrected chi connectivity index (χ1v) is 3.55. The molecule has 0 amide bonds. The van der Waals surface area contributed by atoms with E-state index in [1.54, 1.807) is 19.4 Å². The van der Waals surface area contributed by atoms with Crippen LogP contribution < -0.4 is 10.1 Å². The minimum absolute atomic E-state index is 0.452. The monoisotopic (exact) mass is 162 g/mol. The van der Waals surface area contributed by atoms with Gasteiger partial charge in [-0.25, -0.2) is 4.98 Å². The Morgan fingerprint density at radius 1 is 1.75 bits per heavy atom. The number of nitrogens with one attached hydrogen (secondary N) is 1. The van der Waals surface area contributed by atoms with Gasteiger partial charge in [0.1, 0.15) is 0 Å². The van der Waals surface area contributed by atoms with E-state index in [2.05, 4.69) is 16.2 Å². The molecule has 0 saturated carbocycles. The largest absolute Gasteiger partial charge is 0.493 e. The molecule has 12 heavy (non-hydrogen) atoms. The molecule has 1 rings (SSSR count). The Kier molecular flexibility index (Phi) is 2.97. The molecular weight excluding hydrogens is 152 g/mol. The van der Waals surface area contributed by atoms with Crippen LogP contribution in [0.5, 0.6) is 5.75 Å². The van der Waals surface area contributed by atoms with Crippen LogP contribution in [0.2, 0.25) is 0 Å². The quantitative estimate of drug-likeness (QED) is 0.676. The van der Waals surface area contributed by atoms with Crippen LogP contribution in [0.15, 0.2) is 18.3 Å². The minimum atomic E-state index is 0.452. The number of nitrogens with zero attached hydrogens (tertiary/aromatic N) is 1. The Morgan fingerprint density at radius 3 is 3.25 bits per heavy atom. The average Bonchev–Trinajstić information content (AvgIpc) is 2.15. The van der Waals surface area contributed by atoms with Crippen molar-refractivity contribution in [1.29, 1.82) is 0 Å². The molecule has 0 aliphatic carbocycles. The number of methoxy groups -OCH3 is 1. The number of ether oxygens (including phenoxy) is 1. The van der Waals surface area contributed by atoms with Gasteiger partial charge in [0, 0.05) is 6.20 Å². The molecule has 0 spiro atoms. The van der Waals surface area contributed by atoms with Crippen molar-refractivity contribution in [2.24, 2.45) is 0 Å². The van der Waals surface area contributed by atoms with E-state index in [-0.39, 0.29) is 0 Å². The molecule has 1 aromatic heterocycles. The van der Waals surface area contributed by atoms with Gasteiger partial charge >= 0.3 is 0 Å². The highest BCUT2D eigenvalue weighted by Gasteiger charge is 1.99. The average molecular weight is 162 g/mol. The number of hydrogen-bond acceptors (Lipinski definition) is 3. The zero-order chi connectivity index (χ0) is 8.81. The SMILES string of the molecule is C#CCNc1ncccc1OC. The van der Waals surface area contributed by atoms with E-state index in [0.29, 0.717) is 18.1 Å². The van der Waals surface area contributed by atoms with Crippen LogP contribution in [0, 0.1) is 12.3 Å². The number of terminal acetylenes is 1. The number of hydrogen-bond donors (Lipinski definition) is 1. The maximum atomic E-state index is 5.09. The lowest BCUT2D eigenvalue weighted by Crippen LogP contribution is -2.02. The molecule has 62 valence electrons. The normalized spacial score (nSPS) is 8.67. The molecule has 0 atom stereocenters. The summed E-state index contributed by atoms with van der Waals surface area (Å²) in [6, 6.07) is 3.63. The Hall–Kier alpha value is -1.69. The summed E-state index contributed by atoms with van der Waals surface area (Å²) in [6.45, 7) is 0.452. The predicted octanol–water partition coefficient (Wildman–Crippen LogP) is 1.14. The van der Waals surface area contributed by atoms with Crippen LogP contribution in [-0.2, 0) is 0 Å². The van der Waals surface area contributed by atoms with E-state index in [9.17, 15) is 0 Å². The molecule has 1 N–H and O–H groups in total. The van der Waals surface area contributed by atoms with Crippen molar-refractivity contribution < 1.29 is 4.74 Å². The molecule has 1 heterocycles. The van der Waals surface area contributed by atoms with E-state index >= 15 is 0 Å². The summed E-state index contributed by atoms with van der Waals surface area (Å²) in [5.74, 6) is 3.84. The van der Waals surface area contributed by atoms with Gasteiger partial charge in [-0.15, -0.1) is 6.42 Å². The third-order valence-electron chi connectivity index (χ3n) is 1.35. The van der Waals surface area contributed by atoms with E-state index in [4.69, 9.17) is 11.2 Å². The Morgan fingerprint density at radius 2 is 2.58 bits per heavy atom. The third-order valence-corrected chi connectivity index (χ3v) is 1.35. The van der Waals surface area contributed by atoms with Crippen molar-refractivity contribution in [2.45, 2.75) is 0 Å². The van der Waals surface area contributed by atoms with Gasteiger partial charge in [0.2, 0.25) is 0 Å². The fourth-order valence-electron chi connectivity index (χ4n) is 0.823. The van der Waals surface area contributed by atoms with Gasteiger partial charge in [0.05, 0.1) is 13.7 Å². The summed E-state index contributed by atoms with van der Waals surface area (Å²) in [5, 5.41) is 2.94. The second kappa shape index (κ2) is 4.24. The van der Waals surface area contributed by atoms with Crippen LogP contribution >= 0.6 is 0 Å². The molecule has 0 fully saturated rings. The van der Waals surface area contributed by atoms with Gasteiger partial charge in [-0.1, -0.05) is 5.92 Å². The Balaban J connectivity index is 2.76. The summed E-state index contributed by atoms with van der Waals surface area (Å²) < 4.78 is 5.05. The van der Waals surface area contributed by atoms with E-state index < -0.39 is 0 Å². The maximum Gasteiger partial charge on any atom is 0.169 e. The fraction of sp³-hybridized carbons (Fsp3) is 0.222. The summed E-state index contributed by atoms with van der Waals surface area (Å²) in [5.41, 5.74) is 0. The van der Waals surface area contributed by atoms with Gasteiger partial charge < -0.3 is 10.1 Å². The highest BCUT2D eigenvalue weighted by molar-refractivity contribution is 5.49. The van der Waals surface area contributed by atoms with E-state index in [1.165, 1.54) is 0 Å². The van der Waals surface area contributed by atoms with Crippen LogP contribution in [0.1, 0.15) is 0 Å². The summed E-state index contributed by atoms with van der Waals surface area (Å²) >= 11 is 0. The lowest BCUT2D eigenvalue weighted by atomic mass is 10.4. The van der Waals surface area contributed by atoms with Crippen LogP contribution in [-0.4, -0.2) is 18.6 Å². The molecular formula is C9H10N2O. The Bertz CT molecular complexity index is 291. The zero-order valence-corrected chi connectivity index (χ0v) is 6.87. The van der Waals surface area contributed by atoms with E-state index in [0.717, 1.165) is 0 Å². The summed E-state index contributed by atoms with van der Waals surface area (Å²) in [6.07, 6.45) is 6.77. The molecule has 0 radical (unpaired) electrons. The molecule has 0 saturated heterocycles. The second-order valence-electron chi connectivity index (χ2n) is 2.11. The van der Waals surface area contributed by atoms with Gasteiger partial charge in [0.25, 0.3) is 0 Å². The number of aromatic nitrogens is 1. The number of rotatable bonds is 3. The Labute approximate surface area is 71.8 Å².